The van der Waals surface area contributed by atoms with E-state index in [-0.39, 0.29) is 18.6 Å². The molecule has 1 atom stereocenters. The molecule has 0 fully saturated rings. The summed E-state index contributed by atoms with van der Waals surface area (Å²) in [5.74, 6) is -1.71. The molecule has 0 aromatic heterocycles. The van der Waals surface area contributed by atoms with Gasteiger partial charge in [0.15, 0.2) is 0 Å². The summed E-state index contributed by atoms with van der Waals surface area (Å²) < 4.78 is 0. The molecule has 1 rings (SSSR count). The number of carboxylic acid groups (broad SMARTS) is 1. The Labute approximate surface area is 97.8 Å². The van der Waals surface area contributed by atoms with Crippen LogP contribution >= 0.6 is 0 Å². The maximum absolute atomic E-state index is 10.8. The van der Waals surface area contributed by atoms with Crippen molar-refractivity contribution in [1.29, 1.82) is 0 Å². The molecule has 1 aromatic rings. The first-order valence-electron chi connectivity index (χ1n) is 4.97. The lowest BCUT2D eigenvalue weighted by Gasteiger charge is -2.11. The van der Waals surface area contributed by atoms with Gasteiger partial charge in [-0.15, -0.1) is 0 Å². The fourth-order valence-corrected chi connectivity index (χ4v) is 1.48. The number of rotatable bonds is 5. The van der Waals surface area contributed by atoms with Crippen LogP contribution in [0.3, 0.4) is 0 Å². The van der Waals surface area contributed by atoms with Crippen molar-refractivity contribution in [3.63, 3.8) is 0 Å². The second-order valence-electron chi connectivity index (χ2n) is 3.74. The maximum Gasteiger partial charge on any atom is 0.307 e. The molecule has 0 aliphatic carbocycles. The molecule has 1 aromatic carbocycles. The van der Waals surface area contributed by atoms with Crippen LogP contribution < -0.4 is 11.5 Å². The Hall–Kier alpha value is -2.08. The van der Waals surface area contributed by atoms with E-state index in [0.717, 1.165) is 0 Å². The smallest absolute Gasteiger partial charge is 0.307 e. The monoisotopic (exact) mass is 238 g/mol. The first-order chi connectivity index (χ1) is 7.90. The van der Waals surface area contributed by atoms with Crippen molar-refractivity contribution in [1.82, 2.24) is 0 Å². The van der Waals surface area contributed by atoms with Gasteiger partial charge in [-0.25, -0.2) is 0 Å². The normalized spacial score (nSPS) is 12.1. The topological polar surface area (TPSA) is 127 Å². The van der Waals surface area contributed by atoms with E-state index in [9.17, 15) is 14.7 Å². The number of amides is 1. The number of phenols is 1. The van der Waals surface area contributed by atoms with E-state index in [0.29, 0.717) is 11.1 Å². The number of aromatic hydroxyl groups is 1. The minimum Gasteiger partial charge on any atom is -0.508 e. The lowest BCUT2D eigenvalue weighted by Crippen LogP contribution is -2.38. The van der Waals surface area contributed by atoms with E-state index in [1.807, 2.05) is 0 Å². The molecule has 1 amide bonds. The number of carbonyl (C=O) groups is 2. The average Bonchev–Trinajstić information content (AvgIpc) is 2.20. The number of benzene rings is 1. The molecular weight excluding hydrogens is 224 g/mol. The Balaban J connectivity index is 2.97. The van der Waals surface area contributed by atoms with Gasteiger partial charge < -0.3 is 21.7 Å². The number of aliphatic carboxylic acids is 1. The SMILES string of the molecule is NC(=O)[C@@H](N)Cc1ccc(O)cc1CC(=O)O. The molecule has 6 heteroatoms. The number of primary amides is 1. The molecular formula is C11H14N2O4. The Bertz CT molecular complexity index is 445. The summed E-state index contributed by atoms with van der Waals surface area (Å²) in [5, 5.41) is 18.0. The number of carboxylic acids is 1. The molecule has 6 nitrogen and oxygen atoms in total. The molecule has 0 saturated heterocycles. The summed E-state index contributed by atoms with van der Waals surface area (Å²) in [4.78, 5) is 21.5. The van der Waals surface area contributed by atoms with Crippen LogP contribution in [0.15, 0.2) is 18.2 Å². The summed E-state index contributed by atoms with van der Waals surface area (Å²) in [6.07, 6.45) is -0.0898. The lowest BCUT2D eigenvalue weighted by atomic mass is 9.98. The zero-order valence-corrected chi connectivity index (χ0v) is 9.09. The zero-order chi connectivity index (χ0) is 13.0. The van der Waals surface area contributed by atoms with Gasteiger partial charge in [0.05, 0.1) is 12.5 Å². The molecule has 6 N–H and O–H groups in total. The zero-order valence-electron chi connectivity index (χ0n) is 9.09. The molecule has 0 bridgehead atoms. The highest BCUT2D eigenvalue weighted by Gasteiger charge is 2.14. The quantitative estimate of drug-likeness (QED) is 0.543. The minimum atomic E-state index is -1.02. The molecule has 0 spiro atoms. The van der Waals surface area contributed by atoms with Crippen LogP contribution in [0.1, 0.15) is 11.1 Å². The van der Waals surface area contributed by atoms with Crippen molar-refractivity contribution in [2.75, 3.05) is 0 Å². The van der Waals surface area contributed by atoms with Crippen LogP contribution in [0.25, 0.3) is 0 Å². The second-order valence-corrected chi connectivity index (χ2v) is 3.74. The molecule has 92 valence electrons. The molecule has 0 heterocycles. The average molecular weight is 238 g/mol. The van der Waals surface area contributed by atoms with Crippen molar-refractivity contribution in [3.8, 4) is 5.75 Å². The van der Waals surface area contributed by atoms with E-state index in [2.05, 4.69) is 0 Å². The number of nitrogens with two attached hydrogens (primary N) is 2. The minimum absolute atomic E-state index is 0.0300. The van der Waals surface area contributed by atoms with Gasteiger partial charge in [-0.05, 0) is 29.7 Å². The van der Waals surface area contributed by atoms with Crippen molar-refractivity contribution < 1.29 is 19.8 Å². The third kappa shape index (κ3) is 3.76. The molecule has 0 aliphatic heterocycles. The third-order valence-corrected chi connectivity index (χ3v) is 2.34. The highest BCUT2D eigenvalue weighted by molar-refractivity contribution is 5.80. The molecule has 17 heavy (non-hydrogen) atoms. The van der Waals surface area contributed by atoms with Crippen molar-refractivity contribution in [2.45, 2.75) is 18.9 Å². The molecule has 0 aliphatic rings. The molecule has 0 saturated carbocycles. The van der Waals surface area contributed by atoms with Crippen LogP contribution in [0.4, 0.5) is 0 Å². The third-order valence-electron chi connectivity index (χ3n) is 2.34. The van der Waals surface area contributed by atoms with Gasteiger partial charge in [0, 0.05) is 0 Å². The molecule has 0 unspecified atom stereocenters. The standard InChI is InChI=1S/C11H14N2O4/c12-9(11(13)17)4-6-1-2-8(14)3-7(6)5-10(15)16/h1-3,9,14H,4-5,12H2,(H2,13,17)(H,15,16)/t9-/m0/s1. The van der Waals surface area contributed by atoms with Crippen molar-refractivity contribution >= 4 is 11.9 Å². The van der Waals surface area contributed by atoms with Gasteiger partial charge in [-0.3, -0.25) is 9.59 Å². The van der Waals surface area contributed by atoms with Gasteiger partial charge in [-0.2, -0.15) is 0 Å². The fourth-order valence-electron chi connectivity index (χ4n) is 1.48. The van der Waals surface area contributed by atoms with E-state index >= 15 is 0 Å². The van der Waals surface area contributed by atoms with Crippen LogP contribution in [0.2, 0.25) is 0 Å². The van der Waals surface area contributed by atoms with Gasteiger partial charge >= 0.3 is 5.97 Å². The summed E-state index contributed by atoms with van der Waals surface area (Å²) in [6, 6.07) is 3.43. The first-order valence-corrected chi connectivity index (χ1v) is 4.97. The number of hydrogen-bond acceptors (Lipinski definition) is 4. The van der Waals surface area contributed by atoms with Crippen LogP contribution in [0, 0.1) is 0 Å². The van der Waals surface area contributed by atoms with Gasteiger partial charge in [-0.1, -0.05) is 6.07 Å². The lowest BCUT2D eigenvalue weighted by molar-refractivity contribution is -0.136. The highest BCUT2D eigenvalue weighted by Crippen LogP contribution is 2.18. The van der Waals surface area contributed by atoms with E-state index in [1.165, 1.54) is 18.2 Å². The van der Waals surface area contributed by atoms with Gasteiger partial charge in [0.25, 0.3) is 0 Å². The van der Waals surface area contributed by atoms with Crippen LogP contribution in [-0.4, -0.2) is 28.1 Å². The Morgan fingerprint density at radius 1 is 1.29 bits per heavy atom. The summed E-state index contributed by atoms with van der Waals surface area (Å²) in [6.45, 7) is 0. The Kier molecular flexibility index (Phi) is 4.06. The largest absolute Gasteiger partial charge is 0.508 e. The summed E-state index contributed by atoms with van der Waals surface area (Å²) in [5.41, 5.74) is 11.6. The predicted octanol–water partition coefficient (Wildman–Crippen LogP) is -0.626. The van der Waals surface area contributed by atoms with Crippen molar-refractivity contribution in [2.24, 2.45) is 11.5 Å². The predicted molar refractivity (Wildman–Crippen MR) is 60.3 cm³/mol. The fraction of sp³-hybridized carbons (Fsp3) is 0.273. The number of phenolic OH excluding ortho intramolecular Hbond substituents is 1. The second kappa shape index (κ2) is 5.31. The van der Waals surface area contributed by atoms with Crippen molar-refractivity contribution in [3.05, 3.63) is 29.3 Å². The maximum atomic E-state index is 10.8. The van der Waals surface area contributed by atoms with Crippen LogP contribution in [-0.2, 0) is 22.4 Å². The molecule has 0 radical (unpaired) electrons. The van der Waals surface area contributed by atoms with E-state index < -0.39 is 17.9 Å². The van der Waals surface area contributed by atoms with Crippen LogP contribution in [0.5, 0.6) is 5.75 Å². The van der Waals surface area contributed by atoms with E-state index in [4.69, 9.17) is 16.6 Å². The number of hydrogen-bond donors (Lipinski definition) is 4. The number of carbonyl (C=O) groups excluding carboxylic acids is 1. The first kappa shape index (κ1) is 13.0. The van der Waals surface area contributed by atoms with E-state index in [1.54, 1.807) is 0 Å². The van der Waals surface area contributed by atoms with Gasteiger partial charge in [0.1, 0.15) is 5.75 Å². The summed E-state index contributed by atoms with van der Waals surface area (Å²) in [7, 11) is 0. The summed E-state index contributed by atoms with van der Waals surface area (Å²) >= 11 is 0. The Morgan fingerprint density at radius 2 is 1.94 bits per heavy atom. The Morgan fingerprint density at radius 3 is 2.47 bits per heavy atom. The van der Waals surface area contributed by atoms with Gasteiger partial charge in [0.2, 0.25) is 5.91 Å². The highest BCUT2D eigenvalue weighted by atomic mass is 16.4.